The quantitative estimate of drug-likeness (QED) is 0.371. The molecule has 114 valence electrons. The highest BCUT2D eigenvalue weighted by atomic mass is 32.1. The summed E-state index contributed by atoms with van der Waals surface area (Å²) in [7, 11) is 0. The van der Waals surface area contributed by atoms with Crippen LogP contribution in [0.1, 0.15) is 29.2 Å². The lowest BCUT2D eigenvalue weighted by Crippen LogP contribution is -2.51. The second-order valence-electron chi connectivity index (χ2n) is 5.41. The van der Waals surface area contributed by atoms with Gasteiger partial charge in [-0.05, 0) is 36.3 Å². The number of carbonyl (C=O) groups excluding carboxylic acids is 1. The minimum Gasteiger partial charge on any atom is -0.409 e. The molecule has 0 radical (unpaired) electrons. The Labute approximate surface area is 127 Å². The van der Waals surface area contributed by atoms with E-state index in [1.165, 1.54) is 10.4 Å². The van der Waals surface area contributed by atoms with E-state index in [4.69, 9.17) is 15.7 Å². The third-order valence-corrected chi connectivity index (χ3v) is 5.17. The van der Waals surface area contributed by atoms with Gasteiger partial charge in [-0.2, -0.15) is 0 Å². The maximum atomic E-state index is 12.8. The van der Waals surface area contributed by atoms with Gasteiger partial charge in [0.25, 0.3) is 0 Å². The van der Waals surface area contributed by atoms with Crippen molar-refractivity contribution in [2.45, 2.75) is 31.3 Å². The summed E-state index contributed by atoms with van der Waals surface area (Å²) < 4.78 is 5.45. The molecule has 2 heterocycles. The van der Waals surface area contributed by atoms with E-state index in [1.54, 1.807) is 16.2 Å². The number of fused-ring (bicyclic) bond motifs is 1. The number of oxime groups is 1. The molecule has 1 aromatic rings. The Morgan fingerprint density at radius 3 is 3.24 bits per heavy atom. The summed E-state index contributed by atoms with van der Waals surface area (Å²) in [6.45, 7) is 1.32. The number of hydrogen-bond acceptors (Lipinski definition) is 5. The number of amides is 1. The lowest BCUT2D eigenvalue weighted by atomic mass is 9.86. The van der Waals surface area contributed by atoms with Gasteiger partial charge in [0.15, 0.2) is 5.84 Å². The molecule has 3 rings (SSSR count). The van der Waals surface area contributed by atoms with Gasteiger partial charge in [0.1, 0.15) is 6.10 Å². The predicted octanol–water partition coefficient (Wildman–Crippen LogP) is 1.14. The van der Waals surface area contributed by atoms with Gasteiger partial charge in [0.2, 0.25) is 5.91 Å². The number of rotatable bonds is 2. The van der Waals surface area contributed by atoms with Gasteiger partial charge < -0.3 is 20.6 Å². The van der Waals surface area contributed by atoms with Gasteiger partial charge in [0.05, 0.1) is 19.1 Å². The number of aryl methyl sites for hydroxylation is 1. The maximum Gasteiger partial charge on any atom is 0.230 e. The van der Waals surface area contributed by atoms with Crippen LogP contribution in [0.15, 0.2) is 16.6 Å². The van der Waals surface area contributed by atoms with Gasteiger partial charge in [-0.1, -0.05) is 5.16 Å². The van der Waals surface area contributed by atoms with Crippen molar-refractivity contribution in [2.75, 3.05) is 19.7 Å². The fourth-order valence-corrected chi connectivity index (χ4v) is 4.04. The normalized spacial score (nSPS) is 26.5. The zero-order valence-corrected chi connectivity index (χ0v) is 12.5. The molecule has 7 heteroatoms. The molecule has 0 spiro atoms. The first-order valence-electron chi connectivity index (χ1n) is 7.14. The standard InChI is InChI=1S/C14H19N3O3S/c15-13(16-19)11-8-17(5-6-20-11)14(18)10-2-1-3-12-9(10)4-7-21-12/h4,7,10-11,19H,1-3,5-6,8H2,(H2,15,16). The van der Waals surface area contributed by atoms with E-state index in [9.17, 15) is 4.79 Å². The highest BCUT2D eigenvalue weighted by Crippen LogP contribution is 2.36. The first kappa shape index (κ1) is 14.3. The first-order valence-corrected chi connectivity index (χ1v) is 8.02. The number of hydrogen-bond donors (Lipinski definition) is 2. The van der Waals surface area contributed by atoms with Crippen LogP contribution < -0.4 is 5.73 Å². The molecule has 0 aromatic carbocycles. The highest BCUT2D eigenvalue weighted by molar-refractivity contribution is 7.10. The third kappa shape index (κ3) is 2.75. The smallest absolute Gasteiger partial charge is 0.230 e. The van der Waals surface area contributed by atoms with Crippen LogP contribution in [-0.2, 0) is 16.0 Å². The summed E-state index contributed by atoms with van der Waals surface area (Å²) in [6.07, 6.45) is 2.51. The van der Waals surface area contributed by atoms with Crippen molar-refractivity contribution < 1.29 is 14.7 Å². The zero-order chi connectivity index (χ0) is 14.8. The summed E-state index contributed by atoms with van der Waals surface area (Å²) in [5, 5.41) is 13.8. The first-order chi connectivity index (χ1) is 10.2. The topological polar surface area (TPSA) is 88.2 Å². The van der Waals surface area contributed by atoms with Gasteiger partial charge in [0, 0.05) is 11.4 Å². The molecule has 3 N–H and O–H groups in total. The number of ether oxygens (including phenoxy) is 1. The fourth-order valence-electron chi connectivity index (χ4n) is 3.06. The van der Waals surface area contributed by atoms with Gasteiger partial charge >= 0.3 is 0 Å². The SMILES string of the molecule is N/C(=N/O)C1CN(C(=O)C2CCCc3sccc32)CCO1. The molecule has 1 aliphatic carbocycles. The van der Waals surface area contributed by atoms with Crippen molar-refractivity contribution in [2.24, 2.45) is 10.9 Å². The van der Waals surface area contributed by atoms with Gasteiger partial charge in [-0.25, -0.2) is 0 Å². The van der Waals surface area contributed by atoms with Gasteiger partial charge in [-0.3, -0.25) is 4.79 Å². The van der Waals surface area contributed by atoms with Crippen LogP contribution in [-0.4, -0.2) is 47.7 Å². The lowest BCUT2D eigenvalue weighted by molar-refractivity contribution is -0.138. The summed E-state index contributed by atoms with van der Waals surface area (Å²) in [5.74, 6) is 0.104. The summed E-state index contributed by atoms with van der Waals surface area (Å²) in [5.41, 5.74) is 6.77. The van der Waals surface area contributed by atoms with E-state index in [1.807, 2.05) is 0 Å². The third-order valence-electron chi connectivity index (χ3n) is 4.17. The molecular formula is C14H19N3O3S. The number of amidine groups is 1. The van der Waals surface area contributed by atoms with Crippen LogP contribution in [0, 0.1) is 0 Å². The van der Waals surface area contributed by atoms with Gasteiger partial charge in [-0.15, -0.1) is 11.3 Å². The highest BCUT2D eigenvalue weighted by Gasteiger charge is 2.34. The molecule has 2 unspecified atom stereocenters. The van der Waals surface area contributed by atoms with Crippen molar-refractivity contribution in [3.8, 4) is 0 Å². The summed E-state index contributed by atoms with van der Waals surface area (Å²) in [4.78, 5) is 15.9. The molecule has 2 atom stereocenters. The van der Waals surface area contributed by atoms with Crippen LogP contribution in [0.25, 0.3) is 0 Å². The van der Waals surface area contributed by atoms with Crippen LogP contribution in [0.3, 0.4) is 0 Å². The molecule has 1 aromatic heterocycles. The van der Waals surface area contributed by atoms with Crippen molar-refractivity contribution >= 4 is 23.1 Å². The van der Waals surface area contributed by atoms with E-state index >= 15 is 0 Å². The second-order valence-corrected chi connectivity index (χ2v) is 6.41. The van der Waals surface area contributed by atoms with Crippen molar-refractivity contribution in [3.63, 3.8) is 0 Å². The lowest BCUT2D eigenvalue weighted by Gasteiger charge is -2.35. The average Bonchev–Trinajstić information content (AvgIpc) is 3.02. The van der Waals surface area contributed by atoms with E-state index in [-0.39, 0.29) is 17.7 Å². The Morgan fingerprint density at radius 2 is 2.43 bits per heavy atom. The maximum absolute atomic E-state index is 12.8. The summed E-state index contributed by atoms with van der Waals surface area (Å²) >= 11 is 1.73. The van der Waals surface area contributed by atoms with Crippen LogP contribution >= 0.6 is 11.3 Å². The number of nitrogens with zero attached hydrogens (tertiary/aromatic N) is 2. The molecule has 0 saturated carbocycles. The Hall–Kier alpha value is -1.60. The van der Waals surface area contributed by atoms with Crippen molar-refractivity contribution in [1.82, 2.24) is 4.90 Å². The number of carbonyl (C=O) groups is 1. The zero-order valence-electron chi connectivity index (χ0n) is 11.7. The molecule has 2 aliphatic rings. The van der Waals surface area contributed by atoms with Crippen molar-refractivity contribution in [1.29, 1.82) is 0 Å². The molecule has 1 aliphatic heterocycles. The van der Waals surface area contributed by atoms with E-state index < -0.39 is 6.10 Å². The minimum atomic E-state index is -0.516. The van der Waals surface area contributed by atoms with Crippen molar-refractivity contribution in [3.05, 3.63) is 21.9 Å². The van der Waals surface area contributed by atoms with Crippen LogP contribution in [0.4, 0.5) is 0 Å². The molecular weight excluding hydrogens is 290 g/mol. The molecule has 1 fully saturated rings. The number of nitrogens with two attached hydrogens (primary N) is 1. The monoisotopic (exact) mass is 309 g/mol. The average molecular weight is 309 g/mol. The molecule has 1 saturated heterocycles. The largest absolute Gasteiger partial charge is 0.409 e. The second kappa shape index (κ2) is 6.03. The molecule has 6 nitrogen and oxygen atoms in total. The van der Waals surface area contributed by atoms with E-state index in [0.717, 1.165) is 19.3 Å². The number of morpholine rings is 1. The molecule has 0 bridgehead atoms. The Kier molecular flexibility index (Phi) is 4.12. The fraction of sp³-hybridized carbons (Fsp3) is 0.571. The van der Waals surface area contributed by atoms with Crippen LogP contribution in [0.2, 0.25) is 0 Å². The Balaban J connectivity index is 1.74. The molecule has 21 heavy (non-hydrogen) atoms. The van der Waals surface area contributed by atoms with E-state index in [0.29, 0.717) is 19.7 Å². The van der Waals surface area contributed by atoms with E-state index in [2.05, 4.69) is 16.6 Å². The van der Waals surface area contributed by atoms with Crippen LogP contribution in [0.5, 0.6) is 0 Å². The summed E-state index contributed by atoms with van der Waals surface area (Å²) in [6, 6.07) is 2.07. The molecule has 1 amide bonds. The minimum absolute atomic E-state index is 0.0207. The Bertz CT molecular complexity index is 557. The Morgan fingerprint density at radius 1 is 1.57 bits per heavy atom. The predicted molar refractivity (Wildman–Crippen MR) is 79.7 cm³/mol. The number of thiophene rings is 1.